The van der Waals surface area contributed by atoms with Gasteiger partial charge >= 0.3 is 0 Å². The normalized spacial score (nSPS) is 18.8. The van der Waals surface area contributed by atoms with Crippen molar-refractivity contribution in [3.8, 4) is 0 Å². The summed E-state index contributed by atoms with van der Waals surface area (Å²) in [4.78, 5) is 27.6. The highest BCUT2D eigenvalue weighted by Gasteiger charge is 2.31. The van der Waals surface area contributed by atoms with Gasteiger partial charge in [-0.2, -0.15) is 0 Å². The fourth-order valence-corrected chi connectivity index (χ4v) is 2.29. The summed E-state index contributed by atoms with van der Waals surface area (Å²) in [7, 11) is 0. The molecule has 0 aromatic heterocycles. The Morgan fingerprint density at radius 3 is 2.29 bits per heavy atom. The molecule has 2 aliphatic heterocycles. The number of piperazine rings is 1. The summed E-state index contributed by atoms with van der Waals surface area (Å²) in [6.07, 6.45) is 1.67. The topological polar surface area (TPSA) is 64.7 Å². The van der Waals surface area contributed by atoms with Crippen molar-refractivity contribution in [2.75, 3.05) is 52.4 Å². The number of rotatable bonds is 5. The lowest BCUT2D eigenvalue weighted by Gasteiger charge is -2.38. The van der Waals surface area contributed by atoms with Crippen molar-refractivity contribution in [3.05, 3.63) is 12.7 Å². The molecule has 21 heavy (non-hydrogen) atoms. The maximum Gasteiger partial charge on any atom is 0.234 e. The highest BCUT2D eigenvalue weighted by atomic mass is 35.5. The molecule has 2 N–H and O–H groups in total. The molecule has 0 aromatic rings. The molecular formula is C13H24Cl2N4O2. The maximum absolute atomic E-state index is 12.0. The first kappa shape index (κ1) is 20.2. The largest absolute Gasteiger partial charge is 0.352 e. The number of nitrogens with zero attached hydrogens (tertiary/aromatic N) is 2. The lowest BCUT2D eigenvalue weighted by atomic mass is 10.0. The van der Waals surface area contributed by atoms with Gasteiger partial charge in [0.2, 0.25) is 11.8 Å². The monoisotopic (exact) mass is 338 g/mol. The number of amides is 2. The van der Waals surface area contributed by atoms with Gasteiger partial charge in [-0.05, 0) is 0 Å². The van der Waals surface area contributed by atoms with Crippen molar-refractivity contribution in [1.82, 2.24) is 20.4 Å². The van der Waals surface area contributed by atoms with E-state index < -0.39 is 0 Å². The van der Waals surface area contributed by atoms with Crippen molar-refractivity contribution in [3.63, 3.8) is 0 Å². The van der Waals surface area contributed by atoms with Crippen LogP contribution in [-0.2, 0) is 9.59 Å². The van der Waals surface area contributed by atoms with Crippen LogP contribution in [0.2, 0.25) is 0 Å². The molecule has 0 aliphatic carbocycles. The molecule has 0 spiro atoms. The van der Waals surface area contributed by atoms with Crippen LogP contribution in [0.4, 0.5) is 0 Å². The van der Waals surface area contributed by atoms with E-state index in [9.17, 15) is 9.59 Å². The molecule has 0 unspecified atom stereocenters. The van der Waals surface area contributed by atoms with E-state index in [0.717, 1.165) is 39.3 Å². The standard InChI is InChI=1S/C13H22N4O2.2ClH/c1-2-3-15-12(18)10-16-4-6-17(7-5-16)13(19)11-8-14-9-11;;/h2,11,14H,1,3-10H2,(H,15,18);2*1H. The maximum atomic E-state index is 12.0. The second kappa shape index (κ2) is 10.00. The number of hydrogen-bond donors (Lipinski definition) is 2. The molecule has 2 fully saturated rings. The fourth-order valence-electron chi connectivity index (χ4n) is 2.29. The van der Waals surface area contributed by atoms with E-state index in [-0.39, 0.29) is 42.5 Å². The summed E-state index contributed by atoms with van der Waals surface area (Å²) >= 11 is 0. The summed E-state index contributed by atoms with van der Waals surface area (Å²) in [5.41, 5.74) is 0. The van der Waals surface area contributed by atoms with Gasteiger partial charge in [0.25, 0.3) is 0 Å². The lowest BCUT2D eigenvalue weighted by molar-refractivity contribution is -0.139. The van der Waals surface area contributed by atoms with Gasteiger partial charge in [-0.3, -0.25) is 14.5 Å². The van der Waals surface area contributed by atoms with Crippen molar-refractivity contribution in [2.24, 2.45) is 5.92 Å². The molecule has 0 atom stereocenters. The Morgan fingerprint density at radius 1 is 1.19 bits per heavy atom. The van der Waals surface area contributed by atoms with E-state index in [1.54, 1.807) is 6.08 Å². The third kappa shape index (κ3) is 5.82. The summed E-state index contributed by atoms with van der Waals surface area (Å²) in [6, 6.07) is 0. The van der Waals surface area contributed by atoms with E-state index in [2.05, 4.69) is 22.1 Å². The Bertz CT molecular complexity index is 356. The van der Waals surface area contributed by atoms with Crippen LogP contribution in [0.1, 0.15) is 0 Å². The number of carbonyl (C=O) groups excluding carboxylic acids is 2. The zero-order valence-corrected chi connectivity index (χ0v) is 13.7. The highest BCUT2D eigenvalue weighted by Crippen LogP contribution is 2.10. The van der Waals surface area contributed by atoms with Crippen LogP contribution in [0.3, 0.4) is 0 Å². The van der Waals surface area contributed by atoms with Crippen LogP contribution in [0.15, 0.2) is 12.7 Å². The lowest BCUT2D eigenvalue weighted by Crippen LogP contribution is -2.57. The predicted molar refractivity (Wildman–Crippen MR) is 87.1 cm³/mol. The van der Waals surface area contributed by atoms with E-state index in [4.69, 9.17) is 0 Å². The van der Waals surface area contributed by atoms with Gasteiger partial charge in [-0.25, -0.2) is 0 Å². The Labute approximate surface area is 138 Å². The second-order valence-electron chi connectivity index (χ2n) is 5.05. The molecule has 2 heterocycles. The van der Waals surface area contributed by atoms with E-state index >= 15 is 0 Å². The zero-order valence-electron chi connectivity index (χ0n) is 12.0. The van der Waals surface area contributed by atoms with E-state index in [0.29, 0.717) is 13.1 Å². The Kier molecular flexibility index (Phi) is 9.61. The summed E-state index contributed by atoms with van der Waals surface area (Å²) in [5.74, 6) is 0.444. The summed E-state index contributed by atoms with van der Waals surface area (Å²) in [6.45, 7) is 9.08. The van der Waals surface area contributed by atoms with Crippen molar-refractivity contribution in [1.29, 1.82) is 0 Å². The van der Waals surface area contributed by atoms with Gasteiger partial charge in [-0.1, -0.05) is 6.08 Å². The molecule has 122 valence electrons. The molecular weight excluding hydrogens is 315 g/mol. The van der Waals surface area contributed by atoms with Crippen molar-refractivity contribution < 1.29 is 9.59 Å². The Morgan fingerprint density at radius 2 is 1.81 bits per heavy atom. The van der Waals surface area contributed by atoms with Crippen LogP contribution < -0.4 is 10.6 Å². The minimum atomic E-state index is 0. The quantitative estimate of drug-likeness (QED) is 0.663. The molecule has 6 nitrogen and oxygen atoms in total. The van der Waals surface area contributed by atoms with Crippen LogP contribution in [-0.4, -0.2) is 74.0 Å². The number of hydrogen-bond acceptors (Lipinski definition) is 4. The molecule has 8 heteroatoms. The first-order valence-corrected chi connectivity index (χ1v) is 6.80. The van der Waals surface area contributed by atoms with Crippen molar-refractivity contribution in [2.45, 2.75) is 0 Å². The Hall–Kier alpha value is -0.820. The number of halogens is 2. The minimum Gasteiger partial charge on any atom is -0.352 e. The second-order valence-corrected chi connectivity index (χ2v) is 5.05. The highest BCUT2D eigenvalue weighted by molar-refractivity contribution is 5.85. The minimum absolute atomic E-state index is 0. The Balaban J connectivity index is 0.00000200. The van der Waals surface area contributed by atoms with Crippen LogP contribution in [0.5, 0.6) is 0 Å². The first-order chi connectivity index (χ1) is 9.20. The molecule has 0 saturated carbocycles. The van der Waals surface area contributed by atoms with Gasteiger partial charge in [0.05, 0.1) is 12.5 Å². The molecule has 2 rings (SSSR count). The summed E-state index contributed by atoms with van der Waals surface area (Å²) in [5, 5.41) is 5.88. The molecule has 0 aromatic carbocycles. The van der Waals surface area contributed by atoms with Crippen LogP contribution in [0, 0.1) is 5.92 Å². The number of nitrogens with one attached hydrogen (secondary N) is 2. The van der Waals surface area contributed by atoms with E-state index in [1.807, 2.05) is 4.90 Å². The van der Waals surface area contributed by atoms with Gasteiger partial charge < -0.3 is 15.5 Å². The third-order valence-corrected chi connectivity index (χ3v) is 3.63. The van der Waals surface area contributed by atoms with Gasteiger partial charge in [0.15, 0.2) is 0 Å². The van der Waals surface area contributed by atoms with Gasteiger partial charge in [0, 0.05) is 45.8 Å². The van der Waals surface area contributed by atoms with Gasteiger partial charge in [0.1, 0.15) is 0 Å². The fraction of sp³-hybridized carbons (Fsp3) is 0.692. The average molecular weight is 339 g/mol. The molecule has 0 bridgehead atoms. The zero-order chi connectivity index (χ0) is 13.7. The average Bonchev–Trinajstić information content (AvgIpc) is 2.35. The smallest absolute Gasteiger partial charge is 0.234 e. The molecule has 2 saturated heterocycles. The molecule has 2 amide bonds. The SMILES string of the molecule is C=CCNC(=O)CN1CCN(C(=O)C2CNC2)CC1.Cl.Cl. The predicted octanol–water partition coefficient (Wildman–Crippen LogP) is -0.504. The molecule has 2 aliphatic rings. The molecule has 0 radical (unpaired) electrons. The van der Waals surface area contributed by atoms with Crippen molar-refractivity contribution >= 4 is 36.6 Å². The first-order valence-electron chi connectivity index (χ1n) is 6.80. The van der Waals surface area contributed by atoms with Crippen LogP contribution in [0.25, 0.3) is 0 Å². The third-order valence-electron chi connectivity index (χ3n) is 3.63. The van der Waals surface area contributed by atoms with E-state index in [1.165, 1.54) is 0 Å². The van der Waals surface area contributed by atoms with Gasteiger partial charge in [-0.15, -0.1) is 31.4 Å². The number of carbonyl (C=O) groups is 2. The summed E-state index contributed by atoms with van der Waals surface area (Å²) < 4.78 is 0. The van der Waals surface area contributed by atoms with Crippen LogP contribution >= 0.6 is 24.8 Å².